The number of esters is 2. The highest BCUT2D eigenvalue weighted by Crippen LogP contribution is 2.21. The number of rotatable bonds is 5. The van der Waals surface area contributed by atoms with Crippen LogP contribution >= 0.6 is 0 Å². The number of carbonyl (C=O) groups is 2. The Kier molecular flexibility index (Phi) is 5.37. The molecule has 0 aliphatic carbocycles. The van der Waals surface area contributed by atoms with E-state index >= 15 is 0 Å². The molecule has 0 N–H and O–H groups in total. The minimum Gasteiger partial charge on any atom is -0.462 e. The first-order valence-corrected chi connectivity index (χ1v) is 5.48. The van der Waals surface area contributed by atoms with E-state index < -0.39 is 18.0 Å². The molecule has 0 radical (unpaired) electrons. The quantitative estimate of drug-likeness (QED) is 0.352. The van der Waals surface area contributed by atoms with Gasteiger partial charge in [0, 0.05) is 24.4 Å². The van der Waals surface area contributed by atoms with Crippen LogP contribution in [0, 0.1) is 0 Å². The Bertz CT molecular complexity index is 506. The summed E-state index contributed by atoms with van der Waals surface area (Å²) in [6, 6.07) is 6.45. The Hall–Kier alpha value is -2.53. The van der Waals surface area contributed by atoms with Crippen molar-refractivity contribution in [2.45, 2.75) is 20.0 Å². The fraction of sp³-hybridized carbons (Fsp3) is 0.333. The van der Waals surface area contributed by atoms with E-state index in [0.29, 0.717) is 11.3 Å². The van der Waals surface area contributed by atoms with E-state index in [-0.39, 0.29) is 6.61 Å². The molecule has 0 spiro atoms. The highest BCUT2D eigenvalue weighted by molar-refractivity contribution is 5.67. The molecule has 0 aliphatic heterocycles. The standard InChI is InChI=1S/C12H13N3O4/c1-8(16)18-7-12(19-9(2)17)10-3-5-11(6-4-10)14-15-13/h3-6,12H,7H2,1-2H3/t12-/m1/s1. The second-order valence-corrected chi connectivity index (χ2v) is 3.68. The molecule has 0 amide bonds. The molecule has 1 atom stereocenters. The van der Waals surface area contributed by atoms with Crippen molar-refractivity contribution in [1.82, 2.24) is 0 Å². The van der Waals surface area contributed by atoms with Crippen LogP contribution in [0.25, 0.3) is 10.4 Å². The van der Waals surface area contributed by atoms with E-state index in [2.05, 4.69) is 10.0 Å². The molecule has 0 aromatic heterocycles. The molecule has 0 bridgehead atoms. The van der Waals surface area contributed by atoms with Crippen LogP contribution in [0.5, 0.6) is 0 Å². The first-order chi connectivity index (χ1) is 9.02. The lowest BCUT2D eigenvalue weighted by Crippen LogP contribution is -2.16. The van der Waals surface area contributed by atoms with Gasteiger partial charge in [-0.25, -0.2) is 0 Å². The van der Waals surface area contributed by atoms with Crippen molar-refractivity contribution < 1.29 is 19.1 Å². The third kappa shape index (κ3) is 5.10. The van der Waals surface area contributed by atoms with Crippen molar-refractivity contribution >= 4 is 17.6 Å². The summed E-state index contributed by atoms with van der Waals surface area (Å²) in [5.74, 6) is -0.931. The van der Waals surface area contributed by atoms with Gasteiger partial charge in [0.05, 0.1) is 0 Å². The average molecular weight is 263 g/mol. The van der Waals surface area contributed by atoms with Crippen LogP contribution in [-0.4, -0.2) is 18.5 Å². The highest BCUT2D eigenvalue weighted by atomic mass is 16.6. The lowest BCUT2D eigenvalue weighted by Gasteiger charge is -2.17. The Balaban J connectivity index is 2.86. The van der Waals surface area contributed by atoms with Gasteiger partial charge in [-0.05, 0) is 11.1 Å². The summed E-state index contributed by atoms with van der Waals surface area (Å²) < 4.78 is 9.91. The zero-order chi connectivity index (χ0) is 14.3. The molecule has 0 aliphatic rings. The zero-order valence-electron chi connectivity index (χ0n) is 10.6. The van der Waals surface area contributed by atoms with Crippen molar-refractivity contribution in [2.24, 2.45) is 5.11 Å². The van der Waals surface area contributed by atoms with Crippen molar-refractivity contribution in [3.05, 3.63) is 40.3 Å². The van der Waals surface area contributed by atoms with Crippen molar-refractivity contribution in [2.75, 3.05) is 6.61 Å². The predicted molar refractivity (Wildman–Crippen MR) is 66.4 cm³/mol. The molecule has 1 aromatic rings. The monoisotopic (exact) mass is 263 g/mol. The lowest BCUT2D eigenvalue weighted by atomic mass is 10.1. The normalized spacial score (nSPS) is 11.1. The maximum absolute atomic E-state index is 11.0. The number of nitrogens with zero attached hydrogens (tertiary/aromatic N) is 3. The Morgan fingerprint density at radius 2 is 1.89 bits per heavy atom. The van der Waals surface area contributed by atoms with Crippen molar-refractivity contribution in [3.63, 3.8) is 0 Å². The fourth-order valence-electron chi connectivity index (χ4n) is 1.40. The molecular formula is C12H13N3O4. The Morgan fingerprint density at radius 1 is 1.26 bits per heavy atom. The van der Waals surface area contributed by atoms with Gasteiger partial charge in [0.25, 0.3) is 0 Å². The topological polar surface area (TPSA) is 101 Å². The summed E-state index contributed by atoms with van der Waals surface area (Å²) in [7, 11) is 0. The smallest absolute Gasteiger partial charge is 0.303 e. The number of carbonyl (C=O) groups excluding carboxylic acids is 2. The van der Waals surface area contributed by atoms with Gasteiger partial charge in [0.2, 0.25) is 0 Å². The molecule has 0 fully saturated rings. The summed E-state index contributed by atoms with van der Waals surface area (Å²) in [4.78, 5) is 24.5. The maximum Gasteiger partial charge on any atom is 0.303 e. The van der Waals surface area contributed by atoms with Crippen LogP contribution in [0.4, 0.5) is 5.69 Å². The second kappa shape index (κ2) is 7.03. The molecule has 1 aromatic carbocycles. The predicted octanol–water partition coefficient (Wildman–Crippen LogP) is 2.80. The number of ether oxygens (including phenoxy) is 2. The van der Waals surface area contributed by atoms with Crippen molar-refractivity contribution in [3.8, 4) is 0 Å². The van der Waals surface area contributed by atoms with Gasteiger partial charge in [-0.3, -0.25) is 9.59 Å². The number of azide groups is 1. The van der Waals surface area contributed by atoms with E-state index in [4.69, 9.17) is 15.0 Å². The third-order valence-electron chi connectivity index (χ3n) is 2.17. The summed E-state index contributed by atoms with van der Waals surface area (Å²) in [6.07, 6.45) is -0.679. The van der Waals surface area contributed by atoms with E-state index in [0.717, 1.165) is 0 Å². The SMILES string of the molecule is CC(=O)OC[C@@H](OC(C)=O)c1ccc(N=[N+]=[N-])cc1. The molecule has 7 heteroatoms. The van der Waals surface area contributed by atoms with E-state index in [1.54, 1.807) is 24.3 Å². The molecule has 0 saturated carbocycles. The van der Waals surface area contributed by atoms with E-state index in [9.17, 15) is 9.59 Å². The molecule has 19 heavy (non-hydrogen) atoms. The molecule has 0 heterocycles. The minimum atomic E-state index is -0.679. The van der Waals surface area contributed by atoms with Gasteiger partial charge >= 0.3 is 11.9 Å². The molecule has 0 saturated heterocycles. The minimum absolute atomic E-state index is 0.0597. The highest BCUT2D eigenvalue weighted by Gasteiger charge is 2.16. The van der Waals surface area contributed by atoms with Crippen LogP contribution in [-0.2, 0) is 19.1 Å². The Labute approximate surface area is 109 Å². The first-order valence-electron chi connectivity index (χ1n) is 5.48. The van der Waals surface area contributed by atoms with E-state index in [1.807, 2.05) is 0 Å². The zero-order valence-corrected chi connectivity index (χ0v) is 10.6. The van der Waals surface area contributed by atoms with Gasteiger partial charge in [0.1, 0.15) is 6.61 Å². The maximum atomic E-state index is 11.0. The van der Waals surface area contributed by atoms with Gasteiger partial charge in [-0.1, -0.05) is 29.4 Å². The first kappa shape index (κ1) is 14.5. The van der Waals surface area contributed by atoms with Gasteiger partial charge in [-0.2, -0.15) is 0 Å². The Morgan fingerprint density at radius 3 is 2.37 bits per heavy atom. The number of benzene rings is 1. The van der Waals surface area contributed by atoms with Crippen LogP contribution in [0.2, 0.25) is 0 Å². The van der Waals surface area contributed by atoms with Crippen LogP contribution < -0.4 is 0 Å². The van der Waals surface area contributed by atoms with Gasteiger partial charge in [-0.15, -0.1) is 0 Å². The number of hydrogen-bond acceptors (Lipinski definition) is 5. The summed E-state index contributed by atoms with van der Waals surface area (Å²) in [5, 5.41) is 3.43. The molecule has 1 rings (SSSR count). The van der Waals surface area contributed by atoms with Gasteiger partial charge in [0.15, 0.2) is 6.10 Å². The molecule has 0 unspecified atom stereocenters. The average Bonchev–Trinajstić information content (AvgIpc) is 2.35. The summed E-state index contributed by atoms with van der Waals surface area (Å²) >= 11 is 0. The lowest BCUT2D eigenvalue weighted by molar-refractivity contribution is -0.156. The van der Waals surface area contributed by atoms with Crippen LogP contribution in [0.3, 0.4) is 0 Å². The summed E-state index contributed by atoms with van der Waals surface area (Å²) in [5.41, 5.74) is 9.39. The number of hydrogen-bond donors (Lipinski definition) is 0. The summed E-state index contributed by atoms with van der Waals surface area (Å²) in [6.45, 7) is 2.49. The van der Waals surface area contributed by atoms with Crippen LogP contribution in [0.1, 0.15) is 25.5 Å². The van der Waals surface area contributed by atoms with Crippen molar-refractivity contribution in [1.29, 1.82) is 0 Å². The second-order valence-electron chi connectivity index (χ2n) is 3.68. The van der Waals surface area contributed by atoms with E-state index in [1.165, 1.54) is 13.8 Å². The molecular weight excluding hydrogens is 250 g/mol. The molecule has 100 valence electrons. The third-order valence-corrected chi connectivity index (χ3v) is 2.17. The largest absolute Gasteiger partial charge is 0.462 e. The fourth-order valence-corrected chi connectivity index (χ4v) is 1.40. The van der Waals surface area contributed by atoms with Gasteiger partial charge < -0.3 is 9.47 Å². The molecule has 7 nitrogen and oxygen atoms in total. The van der Waals surface area contributed by atoms with Crippen LogP contribution in [0.15, 0.2) is 29.4 Å².